The van der Waals surface area contributed by atoms with Crippen molar-refractivity contribution in [2.75, 3.05) is 30.4 Å². The van der Waals surface area contributed by atoms with Gasteiger partial charge in [0.25, 0.3) is 0 Å². The van der Waals surface area contributed by atoms with Gasteiger partial charge in [0.1, 0.15) is 0 Å². The molecule has 0 radical (unpaired) electrons. The van der Waals surface area contributed by atoms with Gasteiger partial charge in [0.2, 0.25) is 12.2 Å². The summed E-state index contributed by atoms with van der Waals surface area (Å²) in [4.78, 5) is 15.3. The van der Waals surface area contributed by atoms with E-state index in [2.05, 4.69) is 15.0 Å². The van der Waals surface area contributed by atoms with Crippen LogP contribution in [0.15, 0.2) is 47.4 Å². The van der Waals surface area contributed by atoms with Crippen molar-refractivity contribution in [1.82, 2.24) is 9.55 Å². The Hall–Kier alpha value is -2.72. The van der Waals surface area contributed by atoms with Gasteiger partial charge in [-0.2, -0.15) is 13.2 Å². The number of fused-ring (bicyclic) bond motifs is 1. The quantitative estimate of drug-likeness (QED) is 0.312. The molecule has 3 aromatic rings. The summed E-state index contributed by atoms with van der Waals surface area (Å²) in [7, 11) is 3.51. The van der Waals surface area contributed by atoms with E-state index in [1.54, 1.807) is 37.4 Å². The molecule has 1 aromatic heterocycles. The van der Waals surface area contributed by atoms with Crippen LogP contribution in [0.4, 0.5) is 24.5 Å². The van der Waals surface area contributed by atoms with E-state index in [-0.39, 0.29) is 12.5 Å². The zero-order valence-corrected chi connectivity index (χ0v) is 20.1. The molecule has 180 valence electrons. The molecule has 0 aliphatic heterocycles. The summed E-state index contributed by atoms with van der Waals surface area (Å²) < 4.78 is 48.0. The summed E-state index contributed by atoms with van der Waals surface area (Å²) in [5.41, 5.74) is 2.20. The number of halogens is 3. The predicted molar refractivity (Wildman–Crippen MR) is 128 cm³/mol. The van der Waals surface area contributed by atoms with E-state index in [0.29, 0.717) is 23.1 Å². The van der Waals surface area contributed by atoms with E-state index in [4.69, 9.17) is 0 Å². The van der Waals surface area contributed by atoms with E-state index in [9.17, 15) is 18.0 Å². The molecule has 6 nitrogen and oxygen atoms in total. The molecule has 3 rings (SSSR count). The van der Waals surface area contributed by atoms with Crippen molar-refractivity contribution < 1.29 is 22.7 Å². The Morgan fingerprint density at radius 2 is 1.85 bits per heavy atom. The zero-order chi connectivity index (χ0) is 24.6. The minimum absolute atomic E-state index is 0.0584. The summed E-state index contributed by atoms with van der Waals surface area (Å²) >= 11 is 1.42. The molecule has 1 heterocycles. The van der Waals surface area contributed by atoms with Crippen LogP contribution >= 0.6 is 11.9 Å². The van der Waals surface area contributed by atoms with Gasteiger partial charge in [0.15, 0.2) is 0 Å². The standard InChI is InChI=1S/C20H21F3N4OS.C3H8O/c1-13(2)11-27-18-9-6-15(10-17(18)25-19(27)20(21,22)23)26(3)29-16-7-4-14(5-8-16)24-12-28;1-3-4-2/h4-10,12-13H,11H2,1-3H3,(H,24,28);3H2,1-2H3. The lowest BCUT2D eigenvalue weighted by Gasteiger charge is -2.18. The lowest BCUT2D eigenvalue weighted by atomic mass is 10.2. The maximum absolute atomic E-state index is 13.4. The monoisotopic (exact) mass is 482 g/mol. The topological polar surface area (TPSA) is 59.4 Å². The first kappa shape index (κ1) is 26.5. The van der Waals surface area contributed by atoms with Crippen molar-refractivity contribution in [3.05, 3.63) is 48.3 Å². The number of imidazole rings is 1. The van der Waals surface area contributed by atoms with Crippen LogP contribution in [0.1, 0.15) is 26.6 Å². The summed E-state index contributed by atoms with van der Waals surface area (Å²) in [6, 6.07) is 12.4. The highest BCUT2D eigenvalue weighted by atomic mass is 32.2. The van der Waals surface area contributed by atoms with Gasteiger partial charge >= 0.3 is 6.18 Å². The molecule has 0 saturated heterocycles. The molecule has 10 heteroatoms. The number of nitrogens with one attached hydrogen (secondary N) is 1. The van der Waals surface area contributed by atoms with Gasteiger partial charge in [0.05, 0.1) is 11.0 Å². The number of anilines is 2. The number of amides is 1. The number of ether oxygens (including phenoxy) is 1. The van der Waals surface area contributed by atoms with Gasteiger partial charge in [-0.15, -0.1) is 0 Å². The van der Waals surface area contributed by atoms with E-state index in [1.165, 1.54) is 16.5 Å². The van der Waals surface area contributed by atoms with Crippen molar-refractivity contribution in [2.24, 2.45) is 5.92 Å². The molecular formula is C23H29F3N4O2S. The summed E-state index contributed by atoms with van der Waals surface area (Å²) in [5, 5.41) is 2.57. The predicted octanol–water partition coefficient (Wildman–Crippen LogP) is 6.08. The van der Waals surface area contributed by atoms with Gasteiger partial charge in [-0.05, 0) is 67.3 Å². The zero-order valence-electron chi connectivity index (χ0n) is 19.3. The van der Waals surface area contributed by atoms with Crippen molar-refractivity contribution in [2.45, 2.75) is 38.4 Å². The Bertz CT molecular complexity index is 1030. The van der Waals surface area contributed by atoms with Crippen LogP contribution in [0.5, 0.6) is 0 Å². The molecule has 0 spiro atoms. The smallest absolute Gasteiger partial charge is 0.385 e. The minimum Gasteiger partial charge on any atom is -0.385 e. The van der Waals surface area contributed by atoms with Crippen LogP contribution in [-0.4, -0.2) is 36.7 Å². The first-order chi connectivity index (χ1) is 15.6. The fraction of sp³-hybridized carbons (Fsp3) is 0.391. The molecule has 0 atom stereocenters. The van der Waals surface area contributed by atoms with E-state index in [0.717, 1.165) is 17.2 Å². The molecular weight excluding hydrogens is 453 g/mol. The molecule has 2 aromatic carbocycles. The Morgan fingerprint density at radius 1 is 1.21 bits per heavy atom. The Balaban J connectivity index is 0.000000890. The lowest BCUT2D eigenvalue weighted by molar-refractivity contribution is -0.147. The van der Waals surface area contributed by atoms with Crippen LogP contribution in [0, 0.1) is 5.92 Å². The van der Waals surface area contributed by atoms with Crippen LogP contribution in [-0.2, 0) is 22.3 Å². The van der Waals surface area contributed by atoms with Crippen molar-refractivity contribution in [3.63, 3.8) is 0 Å². The number of benzene rings is 2. The van der Waals surface area contributed by atoms with Gasteiger partial charge in [-0.1, -0.05) is 13.8 Å². The van der Waals surface area contributed by atoms with Gasteiger partial charge in [-0.25, -0.2) is 4.98 Å². The maximum atomic E-state index is 13.4. The summed E-state index contributed by atoms with van der Waals surface area (Å²) in [6.07, 6.45) is -3.90. The van der Waals surface area contributed by atoms with Crippen LogP contribution in [0.25, 0.3) is 11.0 Å². The van der Waals surface area contributed by atoms with E-state index >= 15 is 0 Å². The number of rotatable bonds is 8. The molecule has 0 fully saturated rings. The van der Waals surface area contributed by atoms with Gasteiger partial charge < -0.3 is 18.9 Å². The Labute approximate surface area is 196 Å². The number of carbonyl (C=O) groups excluding carboxylic acids is 1. The molecule has 1 amide bonds. The third-order valence-corrected chi connectivity index (χ3v) is 5.48. The molecule has 0 aliphatic rings. The van der Waals surface area contributed by atoms with Crippen molar-refractivity contribution in [1.29, 1.82) is 0 Å². The first-order valence-electron chi connectivity index (χ1n) is 10.4. The molecule has 33 heavy (non-hydrogen) atoms. The number of nitrogens with zero attached hydrogens (tertiary/aromatic N) is 3. The normalized spacial score (nSPS) is 11.3. The number of hydrogen-bond donors (Lipinski definition) is 1. The Morgan fingerprint density at radius 3 is 2.36 bits per heavy atom. The fourth-order valence-corrected chi connectivity index (χ4v) is 3.76. The highest BCUT2D eigenvalue weighted by Gasteiger charge is 2.37. The van der Waals surface area contributed by atoms with Crippen molar-refractivity contribution in [3.8, 4) is 0 Å². The second-order valence-electron chi connectivity index (χ2n) is 7.56. The molecule has 0 aliphatic carbocycles. The number of alkyl halides is 3. The third kappa shape index (κ3) is 7.40. The molecule has 0 unspecified atom stereocenters. The second-order valence-corrected chi connectivity index (χ2v) is 8.77. The molecule has 1 N–H and O–H groups in total. The van der Waals surface area contributed by atoms with Gasteiger partial charge in [-0.3, -0.25) is 4.79 Å². The molecule has 0 saturated carbocycles. The second kappa shape index (κ2) is 11.9. The SMILES string of the molecule is CC(C)Cn1c(C(F)(F)F)nc2cc(N(C)Sc3ccc(NC=O)cc3)ccc21.CCOC. The fourth-order valence-electron chi connectivity index (χ4n) is 2.97. The molecule has 0 bridgehead atoms. The third-order valence-electron chi connectivity index (χ3n) is 4.51. The first-order valence-corrected chi connectivity index (χ1v) is 11.2. The van der Waals surface area contributed by atoms with E-state index < -0.39 is 12.0 Å². The Kier molecular flexibility index (Phi) is 9.60. The van der Waals surface area contributed by atoms with E-state index in [1.807, 2.05) is 44.3 Å². The average molecular weight is 483 g/mol. The number of carbonyl (C=O) groups is 1. The largest absolute Gasteiger partial charge is 0.449 e. The van der Waals surface area contributed by atoms with Gasteiger partial charge in [0, 0.05) is 43.6 Å². The maximum Gasteiger partial charge on any atom is 0.449 e. The number of hydrogen-bond acceptors (Lipinski definition) is 5. The van der Waals surface area contributed by atoms with Crippen LogP contribution < -0.4 is 9.62 Å². The van der Waals surface area contributed by atoms with Crippen LogP contribution in [0.2, 0.25) is 0 Å². The average Bonchev–Trinajstić information content (AvgIpc) is 3.13. The highest BCUT2D eigenvalue weighted by Crippen LogP contribution is 2.35. The minimum atomic E-state index is -4.51. The van der Waals surface area contributed by atoms with Crippen LogP contribution in [0.3, 0.4) is 0 Å². The number of methoxy groups -OCH3 is 1. The van der Waals surface area contributed by atoms with Crippen molar-refractivity contribution >= 4 is 40.8 Å². The summed E-state index contributed by atoms with van der Waals surface area (Å²) in [6.45, 7) is 6.78. The highest BCUT2D eigenvalue weighted by molar-refractivity contribution is 8.00. The number of aromatic nitrogens is 2. The summed E-state index contributed by atoms with van der Waals surface area (Å²) in [5.74, 6) is -0.810. The lowest BCUT2D eigenvalue weighted by Crippen LogP contribution is -2.17.